The van der Waals surface area contributed by atoms with Crippen molar-refractivity contribution in [2.24, 2.45) is 0 Å². The van der Waals surface area contributed by atoms with Crippen molar-refractivity contribution in [1.29, 1.82) is 0 Å². The highest BCUT2D eigenvalue weighted by molar-refractivity contribution is 14.1. The fourth-order valence-corrected chi connectivity index (χ4v) is 3.23. The molecule has 3 aromatic heterocycles. The Morgan fingerprint density at radius 2 is 1.83 bits per heavy atom. The molecular weight excluding hydrogens is 491 g/mol. The lowest BCUT2D eigenvalue weighted by molar-refractivity contribution is 0.986. The van der Waals surface area contributed by atoms with E-state index in [0.29, 0.717) is 30.1 Å². The van der Waals surface area contributed by atoms with Gasteiger partial charge in [0.25, 0.3) is 0 Å². The van der Waals surface area contributed by atoms with Gasteiger partial charge < -0.3 is 10.6 Å². The van der Waals surface area contributed by atoms with Crippen LogP contribution in [0.15, 0.2) is 54.9 Å². The standard InChI is InChI=1S/C21H19IN8/c1-14-11-19(30-29-14)27-21-26-18(6-5-15-3-2-4-17(22)12-15)25-20(28-21)24-13-16-7-9-23-10-8-16/h2-12H,13H2,1H3,(H3,24,25,26,27,28,29,30)/b6-5+. The van der Waals surface area contributed by atoms with Crippen LogP contribution in [0.3, 0.4) is 0 Å². The maximum Gasteiger partial charge on any atom is 0.233 e. The molecule has 3 N–H and O–H groups in total. The first-order chi connectivity index (χ1) is 14.6. The van der Waals surface area contributed by atoms with E-state index in [-0.39, 0.29) is 0 Å². The van der Waals surface area contributed by atoms with Crippen LogP contribution in [-0.2, 0) is 6.54 Å². The maximum atomic E-state index is 4.53. The highest BCUT2D eigenvalue weighted by atomic mass is 127. The van der Waals surface area contributed by atoms with Crippen molar-refractivity contribution in [2.45, 2.75) is 13.5 Å². The normalized spacial score (nSPS) is 11.0. The zero-order valence-corrected chi connectivity index (χ0v) is 18.3. The molecule has 0 aliphatic heterocycles. The van der Waals surface area contributed by atoms with Gasteiger partial charge in [0, 0.05) is 34.3 Å². The molecule has 8 nitrogen and oxygen atoms in total. The summed E-state index contributed by atoms with van der Waals surface area (Å²) in [6.07, 6.45) is 7.36. The van der Waals surface area contributed by atoms with Crippen LogP contribution in [0.4, 0.5) is 17.7 Å². The Balaban J connectivity index is 1.59. The lowest BCUT2D eigenvalue weighted by Gasteiger charge is -2.08. The Morgan fingerprint density at radius 1 is 1.00 bits per heavy atom. The van der Waals surface area contributed by atoms with E-state index in [4.69, 9.17) is 0 Å². The molecule has 1 aromatic carbocycles. The summed E-state index contributed by atoms with van der Waals surface area (Å²) in [7, 11) is 0. The lowest BCUT2D eigenvalue weighted by Crippen LogP contribution is -2.08. The van der Waals surface area contributed by atoms with Crippen molar-refractivity contribution >= 4 is 52.5 Å². The molecule has 9 heteroatoms. The van der Waals surface area contributed by atoms with Gasteiger partial charge in [-0.05, 0) is 71.0 Å². The average molecular weight is 510 g/mol. The summed E-state index contributed by atoms with van der Waals surface area (Å²) in [6, 6.07) is 14.0. The van der Waals surface area contributed by atoms with Crippen LogP contribution in [0.5, 0.6) is 0 Å². The Morgan fingerprint density at radius 3 is 2.60 bits per heavy atom. The molecule has 4 aromatic rings. The van der Waals surface area contributed by atoms with Gasteiger partial charge in [-0.3, -0.25) is 10.1 Å². The molecule has 0 aliphatic carbocycles. The van der Waals surface area contributed by atoms with Crippen LogP contribution in [-0.4, -0.2) is 30.1 Å². The number of H-pyrrole nitrogens is 1. The second-order valence-corrected chi connectivity index (χ2v) is 7.75. The molecule has 0 spiro atoms. The Kier molecular flexibility index (Phi) is 6.28. The van der Waals surface area contributed by atoms with Crippen LogP contribution in [0.25, 0.3) is 12.2 Å². The maximum absolute atomic E-state index is 4.53. The van der Waals surface area contributed by atoms with Crippen LogP contribution in [0, 0.1) is 10.5 Å². The summed E-state index contributed by atoms with van der Waals surface area (Å²) in [5.74, 6) is 2.07. The first-order valence-electron chi connectivity index (χ1n) is 9.25. The van der Waals surface area contributed by atoms with Crippen molar-refractivity contribution < 1.29 is 0 Å². The van der Waals surface area contributed by atoms with E-state index in [1.54, 1.807) is 12.4 Å². The van der Waals surface area contributed by atoms with Crippen LogP contribution < -0.4 is 10.6 Å². The van der Waals surface area contributed by atoms with Gasteiger partial charge in [-0.2, -0.15) is 20.1 Å². The van der Waals surface area contributed by atoms with E-state index in [2.05, 4.69) is 75.5 Å². The third kappa shape index (κ3) is 5.60. The molecule has 0 fully saturated rings. The molecule has 30 heavy (non-hydrogen) atoms. The van der Waals surface area contributed by atoms with Gasteiger partial charge in [0.1, 0.15) is 0 Å². The van der Waals surface area contributed by atoms with Crippen molar-refractivity contribution in [2.75, 3.05) is 10.6 Å². The Hall–Kier alpha value is -3.34. The number of aryl methyl sites for hydroxylation is 1. The Labute approximate surface area is 187 Å². The van der Waals surface area contributed by atoms with Crippen LogP contribution >= 0.6 is 22.6 Å². The summed E-state index contributed by atoms with van der Waals surface area (Å²) in [5.41, 5.74) is 3.10. The minimum absolute atomic E-state index is 0.413. The van der Waals surface area contributed by atoms with E-state index in [0.717, 1.165) is 16.8 Å². The first-order valence-corrected chi connectivity index (χ1v) is 10.3. The molecule has 0 unspecified atom stereocenters. The van der Waals surface area contributed by atoms with Gasteiger partial charge in [-0.1, -0.05) is 18.2 Å². The largest absolute Gasteiger partial charge is 0.350 e. The van der Waals surface area contributed by atoms with Gasteiger partial charge in [0.2, 0.25) is 11.9 Å². The number of pyridine rings is 1. The van der Waals surface area contributed by atoms with Crippen LogP contribution in [0.2, 0.25) is 0 Å². The number of halogens is 1. The van der Waals surface area contributed by atoms with Gasteiger partial charge in [-0.15, -0.1) is 0 Å². The summed E-state index contributed by atoms with van der Waals surface area (Å²) in [4.78, 5) is 17.5. The topological polar surface area (TPSA) is 104 Å². The van der Waals surface area contributed by atoms with E-state index in [1.807, 2.05) is 49.4 Å². The minimum Gasteiger partial charge on any atom is -0.350 e. The van der Waals surface area contributed by atoms with Gasteiger partial charge >= 0.3 is 0 Å². The molecule has 0 bridgehead atoms. The van der Waals surface area contributed by atoms with E-state index in [1.165, 1.54) is 3.57 Å². The molecule has 4 rings (SSSR count). The molecule has 0 amide bonds. The number of aromatic nitrogens is 6. The highest BCUT2D eigenvalue weighted by Crippen LogP contribution is 2.15. The fraction of sp³-hybridized carbons (Fsp3) is 0.0952. The van der Waals surface area contributed by atoms with E-state index >= 15 is 0 Å². The fourth-order valence-electron chi connectivity index (χ4n) is 2.66. The van der Waals surface area contributed by atoms with Crippen molar-refractivity contribution in [3.8, 4) is 0 Å². The van der Waals surface area contributed by atoms with Gasteiger partial charge in [-0.25, -0.2) is 0 Å². The van der Waals surface area contributed by atoms with Crippen molar-refractivity contribution in [3.05, 3.63) is 81.1 Å². The van der Waals surface area contributed by atoms with E-state index < -0.39 is 0 Å². The first kappa shape index (κ1) is 20.0. The summed E-state index contributed by atoms with van der Waals surface area (Å²) < 4.78 is 1.17. The zero-order valence-electron chi connectivity index (χ0n) is 16.2. The monoisotopic (exact) mass is 510 g/mol. The van der Waals surface area contributed by atoms with Crippen LogP contribution in [0.1, 0.15) is 22.6 Å². The third-order valence-electron chi connectivity index (χ3n) is 4.07. The summed E-state index contributed by atoms with van der Waals surface area (Å²) >= 11 is 2.29. The molecule has 0 saturated carbocycles. The predicted molar refractivity (Wildman–Crippen MR) is 126 cm³/mol. The second kappa shape index (κ2) is 9.44. The average Bonchev–Trinajstić information content (AvgIpc) is 3.16. The lowest BCUT2D eigenvalue weighted by atomic mass is 10.2. The molecular formula is C21H19IN8. The molecule has 0 atom stereocenters. The molecule has 150 valence electrons. The molecule has 0 aliphatic rings. The minimum atomic E-state index is 0.413. The number of anilines is 3. The number of nitrogens with zero attached hydrogens (tertiary/aromatic N) is 5. The SMILES string of the molecule is Cc1cc(Nc2nc(/C=C/c3cccc(I)c3)nc(NCc3ccncc3)n2)n[nH]1. The number of nitrogens with one attached hydrogen (secondary N) is 3. The van der Waals surface area contributed by atoms with E-state index in [9.17, 15) is 0 Å². The molecule has 3 heterocycles. The number of benzene rings is 1. The highest BCUT2D eigenvalue weighted by Gasteiger charge is 2.07. The van der Waals surface area contributed by atoms with Gasteiger partial charge in [0.05, 0.1) is 0 Å². The molecule has 0 saturated heterocycles. The van der Waals surface area contributed by atoms with Crippen molar-refractivity contribution in [3.63, 3.8) is 0 Å². The number of aromatic amines is 1. The number of rotatable bonds is 7. The smallest absolute Gasteiger partial charge is 0.233 e. The third-order valence-corrected chi connectivity index (χ3v) is 4.74. The summed E-state index contributed by atoms with van der Waals surface area (Å²) in [5, 5.41) is 13.4. The van der Waals surface area contributed by atoms with Gasteiger partial charge in [0.15, 0.2) is 11.6 Å². The predicted octanol–water partition coefficient (Wildman–Crippen LogP) is 4.43. The number of hydrogen-bond acceptors (Lipinski definition) is 7. The summed E-state index contributed by atoms with van der Waals surface area (Å²) in [6.45, 7) is 2.51. The van der Waals surface area contributed by atoms with Crippen molar-refractivity contribution in [1.82, 2.24) is 30.1 Å². The number of hydrogen-bond donors (Lipinski definition) is 3. The Bertz CT molecular complexity index is 1160. The zero-order chi connectivity index (χ0) is 20.8. The second-order valence-electron chi connectivity index (χ2n) is 6.50. The molecule has 0 radical (unpaired) electrons. The quantitative estimate of drug-likeness (QED) is 0.316.